The summed E-state index contributed by atoms with van der Waals surface area (Å²) < 4.78 is 5.39. The van der Waals surface area contributed by atoms with Crippen LogP contribution in [0.4, 0.5) is 0 Å². The lowest BCUT2D eigenvalue weighted by molar-refractivity contribution is -0.127. The number of guanidine groups is 1. The van der Waals surface area contributed by atoms with Crippen LogP contribution in [0.5, 0.6) is 0 Å². The van der Waals surface area contributed by atoms with Crippen molar-refractivity contribution < 1.29 is 9.53 Å². The summed E-state index contributed by atoms with van der Waals surface area (Å²) in [5, 5.41) is 7.14. The smallest absolute Gasteiger partial charge is 0.243 e. The van der Waals surface area contributed by atoms with Crippen LogP contribution in [0, 0.1) is 0 Å². The van der Waals surface area contributed by atoms with E-state index in [9.17, 15) is 4.79 Å². The normalized spacial score (nSPS) is 16.3. The van der Waals surface area contributed by atoms with Crippen molar-refractivity contribution in [2.45, 2.75) is 23.5 Å². The van der Waals surface area contributed by atoms with E-state index in [0.717, 1.165) is 52.4 Å². The summed E-state index contributed by atoms with van der Waals surface area (Å²) >= 11 is 1.82. The Kier molecular flexibility index (Phi) is 10.9. The Bertz CT molecular complexity index is 621. The molecule has 1 atom stereocenters. The fraction of sp³-hybridized carbons (Fsp3) is 0.619. The molecule has 2 N–H and O–H groups in total. The van der Waals surface area contributed by atoms with Crippen molar-refractivity contribution in [1.29, 1.82) is 0 Å². The molecule has 0 saturated carbocycles. The average molecular weight is 422 g/mol. The van der Waals surface area contributed by atoms with E-state index in [2.05, 4.69) is 51.7 Å². The Morgan fingerprint density at radius 3 is 2.66 bits per heavy atom. The van der Waals surface area contributed by atoms with Crippen LogP contribution in [0.1, 0.15) is 13.3 Å². The highest BCUT2D eigenvalue weighted by Crippen LogP contribution is 2.21. The highest BCUT2D eigenvalue weighted by molar-refractivity contribution is 8.00. The van der Waals surface area contributed by atoms with Gasteiger partial charge in [0.05, 0.1) is 13.2 Å². The average Bonchev–Trinajstić information content (AvgIpc) is 2.73. The topological polar surface area (TPSA) is 69.2 Å². The van der Waals surface area contributed by atoms with Crippen molar-refractivity contribution >= 4 is 23.6 Å². The number of carbonyl (C=O) groups is 1. The molecule has 1 aromatic rings. The number of hydrogen-bond donors (Lipinski definition) is 2. The molecular weight excluding hydrogens is 386 g/mol. The maximum Gasteiger partial charge on any atom is 0.243 e. The van der Waals surface area contributed by atoms with Crippen molar-refractivity contribution in [3.05, 3.63) is 30.3 Å². The summed E-state index contributed by atoms with van der Waals surface area (Å²) in [7, 11) is 3.50. The zero-order chi connectivity index (χ0) is 20.9. The van der Waals surface area contributed by atoms with Gasteiger partial charge in [0.2, 0.25) is 5.91 Å². The molecule has 1 aliphatic heterocycles. The van der Waals surface area contributed by atoms with Gasteiger partial charge in [0, 0.05) is 50.4 Å². The number of amides is 1. The summed E-state index contributed by atoms with van der Waals surface area (Å²) in [4.78, 5) is 21.6. The Balaban J connectivity index is 1.78. The highest BCUT2D eigenvalue weighted by Gasteiger charge is 2.10. The van der Waals surface area contributed by atoms with Crippen LogP contribution >= 0.6 is 11.8 Å². The first kappa shape index (κ1) is 23.5. The Hall–Kier alpha value is -1.77. The van der Waals surface area contributed by atoms with E-state index in [1.54, 1.807) is 19.0 Å². The number of ether oxygens (including phenoxy) is 1. The second-order valence-electron chi connectivity index (χ2n) is 7.31. The lowest BCUT2D eigenvalue weighted by atomic mass is 10.3. The Morgan fingerprint density at radius 1 is 1.24 bits per heavy atom. The minimum Gasteiger partial charge on any atom is -0.379 e. The molecule has 0 bridgehead atoms. The summed E-state index contributed by atoms with van der Waals surface area (Å²) in [6.45, 7) is 8.62. The molecule has 0 radical (unpaired) electrons. The van der Waals surface area contributed by atoms with E-state index in [1.165, 1.54) is 4.90 Å². The monoisotopic (exact) mass is 421 g/mol. The zero-order valence-corrected chi connectivity index (χ0v) is 18.7. The molecule has 162 valence electrons. The molecule has 1 unspecified atom stereocenters. The maximum atomic E-state index is 11.9. The molecule has 1 aliphatic rings. The van der Waals surface area contributed by atoms with Crippen LogP contribution < -0.4 is 10.6 Å². The fourth-order valence-corrected chi connectivity index (χ4v) is 3.76. The fourth-order valence-electron chi connectivity index (χ4n) is 2.81. The number of nitrogens with zero attached hydrogens (tertiary/aromatic N) is 3. The largest absolute Gasteiger partial charge is 0.379 e. The molecule has 8 heteroatoms. The standard InChI is InChI=1S/C21H35N5O2S/c1-18(29-19-8-5-4-6-9-19)16-23-21(24-17-20(27)25(2)3)22-10-7-11-26-12-14-28-15-13-26/h4-6,8-9,18H,7,10-17H2,1-3H3,(H2,22,23,24). The van der Waals surface area contributed by atoms with Crippen molar-refractivity contribution in [3.63, 3.8) is 0 Å². The number of rotatable bonds is 10. The molecule has 1 fully saturated rings. The quantitative estimate of drug-likeness (QED) is 0.258. The van der Waals surface area contributed by atoms with Gasteiger partial charge in [-0.25, -0.2) is 4.99 Å². The third-order valence-electron chi connectivity index (χ3n) is 4.56. The first-order chi connectivity index (χ1) is 14.0. The van der Waals surface area contributed by atoms with Crippen LogP contribution in [0.15, 0.2) is 40.2 Å². The molecule has 2 rings (SSSR count). The number of likely N-dealkylation sites (N-methyl/N-ethyl adjacent to an activating group) is 1. The Labute approximate surface area is 179 Å². The summed E-state index contributed by atoms with van der Waals surface area (Å²) in [6.07, 6.45) is 1.02. The lowest BCUT2D eigenvalue weighted by Gasteiger charge is -2.26. The molecule has 0 aliphatic carbocycles. The molecule has 0 aromatic heterocycles. The number of nitrogens with one attached hydrogen (secondary N) is 2. The van der Waals surface area contributed by atoms with Gasteiger partial charge in [0.25, 0.3) is 0 Å². The van der Waals surface area contributed by atoms with Gasteiger partial charge >= 0.3 is 0 Å². The van der Waals surface area contributed by atoms with Crippen LogP contribution in [0.2, 0.25) is 0 Å². The van der Waals surface area contributed by atoms with E-state index in [0.29, 0.717) is 11.2 Å². The van der Waals surface area contributed by atoms with Gasteiger partial charge < -0.3 is 20.3 Å². The van der Waals surface area contributed by atoms with Gasteiger partial charge in [-0.1, -0.05) is 25.1 Å². The zero-order valence-electron chi connectivity index (χ0n) is 17.9. The van der Waals surface area contributed by atoms with E-state index >= 15 is 0 Å². The molecular formula is C21H35N5O2S. The van der Waals surface area contributed by atoms with Gasteiger partial charge in [-0.3, -0.25) is 9.69 Å². The Morgan fingerprint density at radius 2 is 1.97 bits per heavy atom. The van der Waals surface area contributed by atoms with Crippen molar-refractivity contribution in [3.8, 4) is 0 Å². The number of thioether (sulfide) groups is 1. The van der Waals surface area contributed by atoms with Gasteiger partial charge in [-0.15, -0.1) is 11.8 Å². The number of morpholine rings is 1. The highest BCUT2D eigenvalue weighted by atomic mass is 32.2. The lowest BCUT2D eigenvalue weighted by Crippen LogP contribution is -2.42. The molecule has 0 spiro atoms. The molecule has 1 amide bonds. The third-order valence-corrected chi connectivity index (χ3v) is 5.67. The third kappa shape index (κ3) is 10.0. The van der Waals surface area contributed by atoms with E-state index in [4.69, 9.17) is 4.74 Å². The molecule has 29 heavy (non-hydrogen) atoms. The predicted molar refractivity (Wildman–Crippen MR) is 121 cm³/mol. The predicted octanol–water partition coefficient (Wildman–Crippen LogP) is 1.51. The van der Waals surface area contributed by atoms with Gasteiger partial charge in [0.1, 0.15) is 6.54 Å². The van der Waals surface area contributed by atoms with E-state index in [1.807, 2.05) is 17.8 Å². The first-order valence-corrected chi connectivity index (χ1v) is 11.2. The van der Waals surface area contributed by atoms with Crippen molar-refractivity contribution in [1.82, 2.24) is 20.4 Å². The molecule has 1 saturated heterocycles. The maximum absolute atomic E-state index is 11.9. The van der Waals surface area contributed by atoms with Crippen molar-refractivity contribution in [2.75, 3.05) is 66.6 Å². The second-order valence-corrected chi connectivity index (χ2v) is 8.82. The van der Waals surface area contributed by atoms with Crippen molar-refractivity contribution in [2.24, 2.45) is 4.99 Å². The van der Waals surface area contributed by atoms with Gasteiger partial charge in [-0.05, 0) is 25.1 Å². The minimum atomic E-state index is -0.00822. The molecule has 1 heterocycles. The minimum absolute atomic E-state index is 0.00822. The number of aliphatic imine (C=N–C) groups is 1. The first-order valence-electron chi connectivity index (χ1n) is 10.3. The van der Waals surface area contributed by atoms with Crippen LogP contribution in [-0.4, -0.2) is 93.5 Å². The van der Waals surface area contributed by atoms with E-state index < -0.39 is 0 Å². The van der Waals surface area contributed by atoms with Gasteiger partial charge in [-0.2, -0.15) is 0 Å². The SMILES string of the molecule is CC(CNC(=NCC(=O)N(C)C)NCCCN1CCOCC1)Sc1ccccc1. The number of benzene rings is 1. The van der Waals surface area contributed by atoms with Crippen LogP contribution in [0.25, 0.3) is 0 Å². The van der Waals surface area contributed by atoms with Crippen LogP contribution in [0.3, 0.4) is 0 Å². The summed E-state index contributed by atoms with van der Waals surface area (Å²) in [5.74, 6) is 0.689. The van der Waals surface area contributed by atoms with Crippen LogP contribution in [-0.2, 0) is 9.53 Å². The number of carbonyl (C=O) groups excluding carboxylic acids is 1. The second kappa shape index (κ2) is 13.5. The summed E-state index contributed by atoms with van der Waals surface area (Å²) in [6, 6.07) is 10.4. The van der Waals surface area contributed by atoms with Gasteiger partial charge in [0.15, 0.2) is 5.96 Å². The summed E-state index contributed by atoms with van der Waals surface area (Å²) in [5.41, 5.74) is 0. The number of hydrogen-bond acceptors (Lipinski definition) is 5. The van der Waals surface area contributed by atoms with E-state index in [-0.39, 0.29) is 12.5 Å². The molecule has 7 nitrogen and oxygen atoms in total. The molecule has 1 aromatic carbocycles.